The van der Waals surface area contributed by atoms with Crippen LogP contribution in [0.2, 0.25) is 0 Å². The van der Waals surface area contributed by atoms with Gasteiger partial charge >= 0.3 is 0 Å². The van der Waals surface area contributed by atoms with Crippen molar-refractivity contribution in [3.05, 3.63) is 57.3 Å². The van der Waals surface area contributed by atoms with E-state index in [1.807, 2.05) is 11.3 Å². The largest absolute Gasteiger partial charge is 0.313 e. The first-order valence-electron chi connectivity index (χ1n) is 7.78. The van der Waals surface area contributed by atoms with Crippen molar-refractivity contribution >= 4 is 11.3 Å². The van der Waals surface area contributed by atoms with Gasteiger partial charge in [0.15, 0.2) is 0 Å². The van der Waals surface area contributed by atoms with E-state index < -0.39 is 0 Å². The minimum absolute atomic E-state index is 0.454. The number of nitrogens with one attached hydrogen (secondary N) is 1. The van der Waals surface area contributed by atoms with Gasteiger partial charge in [-0.1, -0.05) is 24.3 Å². The lowest BCUT2D eigenvalue weighted by Crippen LogP contribution is -2.32. The number of benzene rings is 1. The third kappa shape index (κ3) is 3.37. The van der Waals surface area contributed by atoms with Crippen molar-refractivity contribution in [2.75, 3.05) is 20.1 Å². The van der Waals surface area contributed by atoms with E-state index in [1.54, 1.807) is 10.4 Å². The molecule has 0 amide bonds. The Morgan fingerprint density at radius 2 is 2.14 bits per heavy atom. The number of hydrogen-bond acceptors (Lipinski definition) is 3. The standard InChI is InChI=1S/C18H24N2S/c1-14-5-3-4-6-16(14)17(19-2)7-10-20-11-8-18-15(13-20)9-12-21-18/h3-6,9,12,17,19H,7-8,10-11,13H2,1-2H3. The zero-order valence-electron chi connectivity index (χ0n) is 12.9. The first kappa shape index (κ1) is 14.8. The van der Waals surface area contributed by atoms with Gasteiger partial charge in [0.1, 0.15) is 0 Å². The van der Waals surface area contributed by atoms with Gasteiger partial charge in [0.2, 0.25) is 0 Å². The molecule has 2 aromatic rings. The summed E-state index contributed by atoms with van der Waals surface area (Å²) in [6.45, 7) is 5.70. The fourth-order valence-electron chi connectivity index (χ4n) is 3.24. The van der Waals surface area contributed by atoms with Gasteiger partial charge in [0.05, 0.1) is 0 Å². The van der Waals surface area contributed by atoms with Gasteiger partial charge in [-0.05, 0) is 54.9 Å². The summed E-state index contributed by atoms with van der Waals surface area (Å²) in [5.74, 6) is 0. The van der Waals surface area contributed by atoms with Crippen molar-refractivity contribution < 1.29 is 0 Å². The minimum atomic E-state index is 0.454. The molecule has 1 aliphatic rings. The third-order valence-electron chi connectivity index (χ3n) is 4.53. The highest BCUT2D eigenvalue weighted by Gasteiger charge is 2.19. The topological polar surface area (TPSA) is 15.3 Å². The average Bonchev–Trinajstić information content (AvgIpc) is 2.97. The van der Waals surface area contributed by atoms with Crippen LogP contribution in [0.15, 0.2) is 35.7 Å². The molecular weight excluding hydrogens is 276 g/mol. The Kier molecular flexibility index (Phi) is 4.73. The fourth-order valence-corrected chi connectivity index (χ4v) is 4.13. The fraction of sp³-hybridized carbons (Fsp3) is 0.444. The summed E-state index contributed by atoms with van der Waals surface area (Å²) in [6.07, 6.45) is 2.39. The van der Waals surface area contributed by atoms with Crippen LogP contribution in [0.3, 0.4) is 0 Å². The Morgan fingerprint density at radius 1 is 1.29 bits per heavy atom. The number of fused-ring (bicyclic) bond motifs is 1. The molecule has 1 unspecified atom stereocenters. The minimum Gasteiger partial charge on any atom is -0.313 e. The van der Waals surface area contributed by atoms with Crippen molar-refractivity contribution in [2.24, 2.45) is 0 Å². The van der Waals surface area contributed by atoms with Crippen molar-refractivity contribution in [1.82, 2.24) is 10.2 Å². The highest BCUT2D eigenvalue weighted by atomic mass is 32.1. The predicted molar refractivity (Wildman–Crippen MR) is 90.9 cm³/mol. The van der Waals surface area contributed by atoms with E-state index >= 15 is 0 Å². The lowest BCUT2D eigenvalue weighted by atomic mass is 9.98. The Morgan fingerprint density at radius 3 is 2.95 bits per heavy atom. The molecule has 0 radical (unpaired) electrons. The summed E-state index contributed by atoms with van der Waals surface area (Å²) in [6, 6.07) is 11.5. The van der Waals surface area contributed by atoms with Crippen molar-refractivity contribution in [2.45, 2.75) is 32.4 Å². The summed E-state index contributed by atoms with van der Waals surface area (Å²) in [7, 11) is 2.07. The molecule has 3 heteroatoms. The number of rotatable bonds is 5. The molecule has 0 fully saturated rings. The molecule has 1 aromatic carbocycles. The molecule has 2 nitrogen and oxygen atoms in total. The second-order valence-corrected chi connectivity index (χ2v) is 6.88. The van der Waals surface area contributed by atoms with Crippen LogP contribution in [0.25, 0.3) is 0 Å². The van der Waals surface area contributed by atoms with E-state index in [0.29, 0.717) is 6.04 Å². The van der Waals surface area contributed by atoms with Crippen LogP contribution < -0.4 is 5.32 Å². The molecule has 1 aromatic heterocycles. The maximum absolute atomic E-state index is 3.49. The van der Waals surface area contributed by atoms with Gasteiger partial charge in [0, 0.05) is 30.6 Å². The van der Waals surface area contributed by atoms with E-state index in [1.165, 1.54) is 30.5 Å². The summed E-state index contributed by atoms with van der Waals surface area (Å²) in [5, 5.41) is 5.72. The molecule has 1 aliphatic heterocycles. The molecule has 0 spiro atoms. The molecule has 1 atom stereocenters. The van der Waals surface area contributed by atoms with Gasteiger partial charge in [0.25, 0.3) is 0 Å². The summed E-state index contributed by atoms with van der Waals surface area (Å²) in [5.41, 5.74) is 4.37. The molecule has 2 heterocycles. The normalized spacial score (nSPS) is 16.7. The predicted octanol–water partition coefficient (Wildman–Crippen LogP) is 3.77. The average molecular weight is 300 g/mol. The van der Waals surface area contributed by atoms with Crippen LogP contribution in [0.1, 0.15) is 34.0 Å². The zero-order chi connectivity index (χ0) is 14.7. The van der Waals surface area contributed by atoms with Crippen LogP contribution in [0, 0.1) is 6.92 Å². The lowest BCUT2D eigenvalue weighted by Gasteiger charge is -2.29. The van der Waals surface area contributed by atoms with Crippen molar-refractivity contribution in [3.8, 4) is 0 Å². The van der Waals surface area contributed by atoms with Crippen LogP contribution in [0.5, 0.6) is 0 Å². The molecule has 3 rings (SSSR count). The summed E-state index contributed by atoms with van der Waals surface area (Å²) < 4.78 is 0. The molecule has 1 N–H and O–H groups in total. The number of aryl methyl sites for hydroxylation is 1. The van der Waals surface area contributed by atoms with Crippen LogP contribution in [-0.2, 0) is 13.0 Å². The first-order valence-corrected chi connectivity index (χ1v) is 8.66. The number of thiophene rings is 1. The summed E-state index contributed by atoms with van der Waals surface area (Å²) >= 11 is 1.92. The Balaban J connectivity index is 1.60. The highest BCUT2D eigenvalue weighted by molar-refractivity contribution is 7.10. The van der Waals surface area contributed by atoms with Crippen molar-refractivity contribution in [1.29, 1.82) is 0 Å². The second-order valence-electron chi connectivity index (χ2n) is 5.88. The van der Waals surface area contributed by atoms with E-state index in [2.05, 4.69) is 59.9 Å². The Hall–Kier alpha value is -1.16. The van der Waals surface area contributed by atoms with Gasteiger partial charge < -0.3 is 5.32 Å². The van der Waals surface area contributed by atoms with E-state index in [4.69, 9.17) is 0 Å². The van der Waals surface area contributed by atoms with Gasteiger partial charge in [-0.25, -0.2) is 0 Å². The Bertz CT molecular complexity index is 590. The molecule has 112 valence electrons. The van der Waals surface area contributed by atoms with E-state index in [9.17, 15) is 0 Å². The van der Waals surface area contributed by atoms with Crippen LogP contribution in [0.4, 0.5) is 0 Å². The second kappa shape index (κ2) is 6.73. The monoisotopic (exact) mass is 300 g/mol. The molecular formula is C18H24N2S. The molecule has 0 saturated heterocycles. The molecule has 0 aliphatic carbocycles. The number of nitrogens with zero attached hydrogens (tertiary/aromatic N) is 1. The Labute approximate surface area is 131 Å². The van der Waals surface area contributed by atoms with Gasteiger partial charge in [-0.15, -0.1) is 11.3 Å². The van der Waals surface area contributed by atoms with Crippen LogP contribution >= 0.6 is 11.3 Å². The lowest BCUT2D eigenvalue weighted by molar-refractivity contribution is 0.242. The van der Waals surface area contributed by atoms with Gasteiger partial charge in [-0.2, -0.15) is 0 Å². The van der Waals surface area contributed by atoms with Crippen LogP contribution in [-0.4, -0.2) is 25.0 Å². The molecule has 0 bridgehead atoms. The smallest absolute Gasteiger partial charge is 0.0332 e. The maximum atomic E-state index is 3.49. The van der Waals surface area contributed by atoms with E-state index in [0.717, 1.165) is 13.1 Å². The quantitative estimate of drug-likeness (QED) is 0.904. The molecule has 21 heavy (non-hydrogen) atoms. The highest BCUT2D eigenvalue weighted by Crippen LogP contribution is 2.26. The summed E-state index contributed by atoms with van der Waals surface area (Å²) in [4.78, 5) is 4.19. The third-order valence-corrected chi connectivity index (χ3v) is 5.56. The number of hydrogen-bond donors (Lipinski definition) is 1. The van der Waals surface area contributed by atoms with Crippen molar-refractivity contribution in [3.63, 3.8) is 0 Å². The molecule has 0 saturated carbocycles. The first-order chi connectivity index (χ1) is 10.3. The SMILES string of the molecule is CNC(CCN1CCc2sccc2C1)c1ccccc1C. The maximum Gasteiger partial charge on any atom is 0.0332 e. The van der Waals surface area contributed by atoms with E-state index in [-0.39, 0.29) is 0 Å². The zero-order valence-corrected chi connectivity index (χ0v) is 13.7. The van der Waals surface area contributed by atoms with Gasteiger partial charge in [-0.3, -0.25) is 4.90 Å².